The highest BCUT2D eigenvalue weighted by Crippen LogP contribution is 2.25. The monoisotopic (exact) mass is 583 g/mol. The number of benzene rings is 1. The summed E-state index contributed by atoms with van der Waals surface area (Å²) in [7, 11) is 0. The van der Waals surface area contributed by atoms with Crippen LogP contribution in [-0.4, -0.2) is 67.4 Å². The standard InChI is InChI=1S/C29H28ClF2N5O4/c30-18-2-1-17(22(32)14-18)13-25-21(31)3-6-27(34-25)41-19-7-10-36(11-8-19)16-26-33-23-4-5-24(29(38)39)35-28(23)37(26)15-20-9-12-40-20/h1-6,14,19-20H,7-13,15-16H2,(H,38,39)/t20-/m0/s1. The van der Waals surface area contributed by atoms with Gasteiger partial charge in [-0.05, 0) is 55.2 Å². The third kappa shape index (κ3) is 6.17. The molecule has 2 fully saturated rings. The zero-order valence-electron chi connectivity index (χ0n) is 22.1. The number of aromatic nitrogens is 4. The molecule has 2 aliphatic rings. The molecular formula is C29H28ClF2N5O4. The summed E-state index contributed by atoms with van der Waals surface area (Å²) in [6.07, 6.45) is 2.34. The molecule has 4 aromatic rings. The van der Waals surface area contributed by atoms with E-state index in [1.807, 2.05) is 4.57 Å². The molecule has 0 radical (unpaired) electrons. The second kappa shape index (κ2) is 11.7. The first-order valence-electron chi connectivity index (χ1n) is 13.5. The van der Waals surface area contributed by atoms with Crippen molar-refractivity contribution >= 4 is 28.7 Å². The van der Waals surface area contributed by atoms with E-state index in [9.17, 15) is 18.7 Å². The van der Waals surface area contributed by atoms with Crippen molar-refractivity contribution in [1.29, 1.82) is 0 Å². The number of carboxylic acid groups (broad SMARTS) is 1. The Morgan fingerprint density at radius 3 is 2.56 bits per heavy atom. The maximum Gasteiger partial charge on any atom is 0.354 e. The number of piperidine rings is 1. The fourth-order valence-electron chi connectivity index (χ4n) is 5.17. The number of hydrogen-bond donors (Lipinski definition) is 1. The summed E-state index contributed by atoms with van der Waals surface area (Å²) < 4.78 is 42.4. The molecule has 214 valence electrons. The molecule has 3 aromatic heterocycles. The van der Waals surface area contributed by atoms with Gasteiger partial charge in [-0.15, -0.1) is 0 Å². The molecule has 0 amide bonds. The fraction of sp³-hybridized carbons (Fsp3) is 0.379. The maximum absolute atomic E-state index is 14.5. The van der Waals surface area contributed by atoms with Crippen LogP contribution < -0.4 is 4.74 Å². The zero-order chi connectivity index (χ0) is 28.5. The molecule has 12 heteroatoms. The van der Waals surface area contributed by atoms with Gasteiger partial charge < -0.3 is 19.1 Å². The number of halogens is 3. The first kappa shape index (κ1) is 27.5. The Balaban J connectivity index is 1.11. The molecule has 2 saturated heterocycles. The first-order chi connectivity index (χ1) is 19.8. The van der Waals surface area contributed by atoms with Gasteiger partial charge in [0.25, 0.3) is 0 Å². The molecule has 1 N–H and O–H groups in total. The highest BCUT2D eigenvalue weighted by Gasteiger charge is 2.26. The fourth-order valence-corrected chi connectivity index (χ4v) is 5.33. The number of likely N-dealkylation sites (tertiary alicyclic amines) is 1. The molecular weight excluding hydrogens is 556 g/mol. The number of carboxylic acids is 1. The molecule has 41 heavy (non-hydrogen) atoms. The van der Waals surface area contributed by atoms with Crippen molar-refractivity contribution in [1.82, 2.24) is 24.4 Å². The van der Waals surface area contributed by atoms with E-state index in [-0.39, 0.29) is 35.0 Å². The van der Waals surface area contributed by atoms with Gasteiger partial charge in [0.05, 0.1) is 24.9 Å². The van der Waals surface area contributed by atoms with Crippen molar-refractivity contribution in [2.45, 2.75) is 51.0 Å². The van der Waals surface area contributed by atoms with Gasteiger partial charge in [0.15, 0.2) is 11.3 Å². The second-order valence-electron chi connectivity index (χ2n) is 10.3. The van der Waals surface area contributed by atoms with Gasteiger partial charge in [-0.3, -0.25) is 4.90 Å². The molecule has 9 nitrogen and oxygen atoms in total. The van der Waals surface area contributed by atoms with Gasteiger partial charge >= 0.3 is 5.97 Å². The summed E-state index contributed by atoms with van der Waals surface area (Å²) >= 11 is 5.83. The maximum atomic E-state index is 14.5. The van der Waals surface area contributed by atoms with Gasteiger partial charge in [0.1, 0.15) is 29.1 Å². The van der Waals surface area contributed by atoms with Crippen LogP contribution in [0.2, 0.25) is 5.02 Å². The van der Waals surface area contributed by atoms with Crippen LogP contribution >= 0.6 is 11.6 Å². The zero-order valence-corrected chi connectivity index (χ0v) is 22.9. The Kier molecular flexibility index (Phi) is 7.83. The van der Waals surface area contributed by atoms with Crippen molar-refractivity contribution in [3.05, 3.63) is 81.9 Å². The van der Waals surface area contributed by atoms with Crippen LogP contribution in [-0.2, 0) is 24.2 Å². The van der Waals surface area contributed by atoms with E-state index in [4.69, 9.17) is 26.1 Å². The van der Waals surface area contributed by atoms with Crippen LogP contribution in [0.3, 0.4) is 0 Å². The number of rotatable bonds is 9. The number of fused-ring (bicyclic) bond motifs is 1. The molecule has 0 spiro atoms. The molecule has 1 atom stereocenters. The van der Waals surface area contributed by atoms with E-state index < -0.39 is 17.6 Å². The predicted octanol–water partition coefficient (Wildman–Crippen LogP) is 4.88. The van der Waals surface area contributed by atoms with Crippen LogP contribution in [0.25, 0.3) is 11.2 Å². The topological polar surface area (TPSA) is 103 Å². The van der Waals surface area contributed by atoms with Crippen LogP contribution in [0.4, 0.5) is 8.78 Å². The third-order valence-corrected chi connectivity index (χ3v) is 7.76. The molecule has 0 saturated carbocycles. The van der Waals surface area contributed by atoms with E-state index in [2.05, 4.69) is 14.9 Å². The van der Waals surface area contributed by atoms with Gasteiger partial charge in [-0.25, -0.2) is 28.5 Å². The first-order valence-corrected chi connectivity index (χ1v) is 13.9. The van der Waals surface area contributed by atoms with E-state index in [0.717, 1.165) is 44.8 Å². The third-order valence-electron chi connectivity index (χ3n) is 7.52. The minimum atomic E-state index is -1.08. The van der Waals surface area contributed by atoms with Crippen molar-refractivity contribution < 1.29 is 28.2 Å². The highest BCUT2D eigenvalue weighted by molar-refractivity contribution is 6.30. The van der Waals surface area contributed by atoms with Crippen LogP contribution in [0.1, 0.15) is 46.8 Å². The average Bonchev–Trinajstić information content (AvgIpc) is 3.26. The lowest BCUT2D eigenvalue weighted by molar-refractivity contribution is -0.0593. The summed E-state index contributed by atoms with van der Waals surface area (Å²) in [6, 6.07) is 10.2. The summed E-state index contributed by atoms with van der Waals surface area (Å²) in [4.78, 5) is 27.2. The van der Waals surface area contributed by atoms with Crippen molar-refractivity contribution in [3.63, 3.8) is 0 Å². The molecule has 0 aliphatic carbocycles. The van der Waals surface area contributed by atoms with Crippen LogP contribution in [0.5, 0.6) is 5.88 Å². The number of aromatic carboxylic acids is 1. The normalized spacial score (nSPS) is 18.0. The smallest absolute Gasteiger partial charge is 0.354 e. The number of hydrogen-bond acceptors (Lipinski definition) is 7. The van der Waals surface area contributed by atoms with Gasteiger partial charge in [-0.2, -0.15) is 0 Å². The Bertz CT molecular complexity index is 1590. The van der Waals surface area contributed by atoms with E-state index in [1.54, 1.807) is 12.1 Å². The summed E-state index contributed by atoms with van der Waals surface area (Å²) in [6.45, 7) is 3.34. The Hall–Kier alpha value is -3.67. The second-order valence-corrected chi connectivity index (χ2v) is 10.8. The SMILES string of the molecule is O=C(O)c1ccc2nc(CN3CCC(Oc4ccc(F)c(Cc5ccc(Cl)cc5F)n4)CC3)n(C[C@@H]3CCO3)c2n1. The van der Waals surface area contributed by atoms with Crippen molar-refractivity contribution in [3.8, 4) is 5.88 Å². The average molecular weight is 584 g/mol. The Labute approximate surface area is 239 Å². The van der Waals surface area contributed by atoms with Crippen molar-refractivity contribution in [2.75, 3.05) is 19.7 Å². The lowest BCUT2D eigenvalue weighted by atomic mass is 10.1. The Morgan fingerprint density at radius 1 is 1.05 bits per heavy atom. The van der Waals surface area contributed by atoms with E-state index >= 15 is 0 Å². The molecule has 2 aliphatic heterocycles. The largest absolute Gasteiger partial charge is 0.477 e. The number of imidazole rings is 1. The van der Waals surface area contributed by atoms with Gasteiger partial charge in [0.2, 0.25) is 5.88 Å². The molecule has 1 aromatic carbocycles. The number of pyridine rings is 2. The van der Waals surface area contributed by atoms with Crippen molar-refractivity contribution in [2.24, 2.45) is 0 Å². The predicted molar refractivity (Wildman–Crippen MR) is 146 cm³/mol. The lowest BCUT2D eigenvalue weighted by Crippen LogP contribution is -2.39. The number of nitrogens with zero attached hydrogens (tertiary/aromatic N) is 5. The molecule has 0 unspecified atom stereocenters. The number of carbonyl (C=O) groups is 1. The summed E-state index contributed by atoms with van der Waals surface area (Å²) in [5.74, 6) is -1.00. The lowest BCUT2D eigenvalue weighted by Gasteiger charge is -2.32. The molecule has 0 bridgehead atoms. The van der Waals surface area contributed by atoms with Gasteiger partial charge in [0, 0.05) is 37.2 Å². The number of ether oxygens (including phenoxy) is 2. The van der Waals surface area contributed by atoms with Gasteiger partial charge in [-0.1, -0.05) is 17.7 Å². The molecule has 5 heterocycles. The quantitative estimate of drug-likeness (QED) is 0.297. The van der Waals surface area contributed by atoms with E-state index in [0.29, 0.717) is 35.7 Å². The van der Waals surface area contributed by atoms with E-state index in [1.165, 1.54) is 30.3 Å². The molecule has 6 rings (SSSR count). The minimum absolute atomic E-state index is 0.0137. The van der Waals surface area contributed by atoms with Crippen LogP contribution in [0.15, 0.2) is 42.5 Å². The minimum Gasteiger partial charge on any atom is -0.477 e. The summed E-state index contributed by atoms with van der Waals surface area (Å²) in [5, 5.41) is 9.68. The Morgan fingerprint density at radius 2 is 1.85 bits per heavy atom. The summed E-state index contributed by atoms with van der Waals surface area (Å²) in [5.41, 5.74) is 1.59. The highest BCUT2D eigenvalue weighted by atomic mass is 35.5. The van der Waals surface area contributed by atoms with Crippen LogP contribution in [0, 0.1) is 11.6 Å².